The number of furan rings is 1. The molecule has 0 unspecified atom stereocenters. The van der Waals surface area contributed by atoms with Gasteiger partial charge in [0, 0.05) is 32.0 Å². The molecule has 5 heteroatoms. The van der Waals surface area contributed by atoms with Crippen LogP contribution in [0.1, 0.15) is 39.5 Å². The summed E-state index contributed by atoms with van der Waals surface area (Å²) in [5.41, 5.74) is 0.582. The van der Waals surface area contributed by atoms with Gasteiger partial charge in [-0.2, -0.15) is 0 Å². The van der Waals surface area contributed by atoms with Gasteiger partial charge in [0.1, 0.15) is 5.76 Å². The van der Waals surface area contributed by atoms with E-state index in [0.29, 0.717) is 24.3 Å². The van der Waals surface area contributed by atoms with Gasteiger partial charge >= 0.3 is 0 Å². The van der Waals surface area contributed by atoms with Gasteiger partial charge in [-0.15, -0.1) is 0 Å². The highest BCUT2D eigenvalue weighted by Crippen LogP contribution is 2.24. The summed E-state index contributed by atoms with van der Waals surface area (Å²) in [4.78, 5) is 25.4. The Morgan fingerprint density at radius 1 is 1.44 bits per heavy atom. The SMILES string of the molecule is CN(C)CCNC(=O)c1cc2c(o1)CCCC2=O. The fourth-order valence-corrected chi connectivity index (χ4v) is 1.99. The molecule has 0 atom stereocenters. The van der Waals surface area contributed by atoms with Crippen LogP contribution in [0.2, 0.25) is 0 Å². The summed E-state index contributed by atoms with van der Waals surface area (Å²) in [7, 11) is 3.88. The summed E-state index contributed by atoms with van der Waals surface area (Å²) in [6.07, 6.45) is 2.10. The van der Waals surface area contributed by atoms with Gasteiger partial charge in [-0.3, -0.25) is 9.59 Å². The van der Waals surface area contributed by atoms with Crippen molar-refractivity contribution in [2.75, 3.05) is 27.2 Å². The van der Waals surface area contributed by atoms with Crippen molar-refractivity contribution in [1.82, 2.24) is 10.2 Å². The van der Waals surface area contributed by atoms with Gasteiger partial charge in [0.15, 0.2) is 11.5 Å². The highest BCUT2D eigenvalue weighted by molar-refractivity contribution is 6.01. The van der Waals surface area contributed by atoms with Crippen molar-refractivity contribution >= 4 is 11.7 Å². The van der Waals surface area contributed by atoms with Crippen molar-refractivity contribution < 1.29 is 14.0 Å². The first kappa shape index (κ1) is 12.8. The summed E-state index contributed by atoms with van der Waals surface area (Å²) in [5, 5.41) is 2.77. The standard InChI is InChI=1S/C13H18N2O3/c1-15(2)7-6-14-13(17)12-8-9-10(16)4-3-5-11(9)18-12/h8H,3-7H2,1-2H3,(H,14,17). The Labute approximate surface area is 106 Å². The zero-order chi connectivity index (χ0) is 13.1. The summed E-state index contributed by atoms with van der Waals surface area (Å²) in [5.74, 6) is 0.726. The number of rotatable bonds is 4. The molecule has 1 heterocycles. The number of hydrogen-bond acceptors (Lipinski definition) is 4. The Balaban J connectivity index is 2.01. The third kappa shape index (κ3) is 2.79. The zero-order valence-corrected chi connectivity index (χ0v) is 10.8. The predicted molar refractivity (Wildman–Crippen MR) is 66.9 cm³/mol. The molecule has 0 saturated carbocycles. The van der Waals surface area contributed by atoms with Gasteiger partial charge in [-0.1, -0.05) is 0 Å². The van der Waals surface area contributed by atoms with Crippen molar-refractivity contribution in [2.45, 2.75) is 19.3 Å². The van der Waals surface area contributed by atoms with Crippen molar-refractivity contribution in [3.05, 3.63) is 23.2 Å². The van der Waals surface area contributed by atoms with Gasteiger partial charge < -0.3 is 14.6 Å². The lowest BCUT2D eigenvalue weighted by molar-refractivity contribution is 0.0917. The second kappa shape index (κ2) is 5.35. The van der Waals surface area contributed by atoms with Crippen LogP contribution in [0.25, 0.3) is 0 Å². The molecule has 1 N–H and O–H groups in total. The van der Waals surface area contributed by atoms with Crippen LogP contribution in [-0.4, -0.2) is 43.8 Å². The molecule has 1 aliphatic carbocycles. The molecule has 0 saturated heterocycles. The number of nitrogens with zero attached hydrogens (tertiary/aromatic N) is 1. The molecule has 0 fully saturated rings. The molecule has 0 bridgehead atoms. The Hall–Kier alpha value is -1.62. The second-order valence-electron chi connectivity index (χ2n) is 4.78. The zero-order valence-electron chi connectivity index (χ0n) is 10.8. The number of nitrogens with one attached hydrogen (secondary N) is 1. The average Bonchev–Trinajstić information content (AvgIpc) is 2.74. The summed E-state index contributed by atoms with van der Waals surface area (Å²) >= 11 is 0. The molecule has 0 radical (unpaired) electrons. The van der Waals surface area contributed by atoms with Crippen LogP contribution in [-0.2, 0) is 6.42 Å². The molecule has 0 aliphatic heterocycles. The van der Waals surface area contributed by atoms with Gasteiger partial charge in [-0.05, 0) is 20.5 Å². The van der Waals surface area contributed by atoms with Crippen LogP contribution < -0.4 is 5.32 Å². The monoisotopic (exact) mass is 250 g/mol. The molecule has 5 nitrogen and oxygen atoms in total. The van der Waals surface area contributed by atoms with Crippen molar-refractivity contribution in [1.29, 1.82) is 0 Å². The molecule has 1 amide bonds. The van der Waals surface area contributed by atoms with Crippen LogP contribution in [0.4, 0.5) is 0 Å². The molecule has 1 aliphatic rings. The lowest BCUT2D eigenvalue weighted by Gasteiger charge is -2.09. The molecule has 1 aromatic rings. The number of carbonyl (C=O) groups excluding carboxylic acids is 2. The van der Waals surface area contributed by atoms with E-state index >= 15 is 0 Å². The first-order valence-electron chi connectivity index (χ1n) is 6.17. The minimum atomic E-state index is -0.251. The number of ketones is 1. The van der Waals surface area contributed by atoms with Crippen molar-refractivity contribution in [2.24, 2.45) is 0 Å². The largest absolute Gasteiger partial charge is 0.455 e. The molecule has 98 valence electrons. The third-order valence-electron chi connectivity index (χ3n) is 2.99. The molecular weight excluding hydrogens is 232 g/mol. The highest BCUT2D eigenvalue weighted by atomic mass is 16.4. The van der Waals surface area contributed by atoms with E-state index < -0.39 is 0 Å². The van der Waals surface area contributed by atoms with E-state index in [1.54, 1.807) is 6.07 Å². The highest BCUT2D eigenvalue weighted by Gasteiger charge is 2.24. The van der Waals surface area contributed by atoms with E-state index in [4.69, 9.17) is 4.42 Å². The number of amides is 1. The molecule has 2 rings (SSSR count). The molecule has 0 aromatic carbocycles. The van der Waals surface area contributed by atoms with Crippen LogP contribution in [0.5, 0.6) is 0 Å². The van der Waals surface area contributed by atoms with Crippen LogP contribution in [0.3, 0.4) is 0 Å². The minimum Gasteiger partial charge on any atom is -0.455 e. The first-order valence-corrected chi connectivity index (χ1v) is 6.17. The van der Waals surface area contributed by atoms with Crippen molar-refractivity contribution in [3.63, 3.8) is 0 Å². The quantitative estimate of drug-likeness (QED) is 0.869. The van der Waals surface area contributed by atoms with Gasteiger partial charge in [0.2, 0.25) is 0 Å². The number of Topliss-reactive ketones (excluding diaryl/α,β-unsaturated/α-hetero) is 1. The molecule has 18 heavy (non-hydrogen) atoms. The fourth-order valence-electron chi connectivity index (χ4n) is 1.99. The van der Waals surface area contributed by atoms with Crippen molar-refractivity contribution in [3.8, 4) is 0 Å². The number of hydrogen-bond donors (Lipinski definition) is 1. The summed E-state index contributed by atoms with van der Waals surface area (Å²) < 4.78 is 5.45. The number of carbonyl (C=O) groups is 2. The smallest absolute Gasteiger partial charge is 0.287 e. The summed E-state index contributed by atoms with van der Waals surface area (Å²) in [6.45, 7) is 1.33. The number of aryl methyl sites for hydroxylation is 1. The Bertz CT molecular complexity index is 463. The van der Waals surface area contributed by atoms with Gasteiger partial charge in [0.05, 0.1) is 5.56 Å². The number of fused-ring (bicyclic) bond motifs is 1. The Morgan fingerprint density at radius 3 is 2.89 bits per heavy atom. The van der Waals surface area contributed by atoms with E-state index in [0.717, 1.165) is 19.4 Å². The summed E-state index contributed by atoms with van der Waals surface area (Å²) in [6, 6.07) is 1.57. The maximum absolute atomic E-state index is 11.8. The average molecular weight is 250 g/mol. The Kier molecular flexibility index (Phi) is 3.81. The van der Waals surface area contributed by atoms with Crippen LogP contribution in [0.15, 0.2) is 10.5 Å². The topological polar surface area (TPSA) is 62.6 Å². The van der Waals surface area contributed by atoms with Crippen LogP contribution >= 0.6 is 0 Å². The van der Waals surface area contributed by atoms with E-state index in [-0.39, 0.29) is 17.5 Å². The normalized spacial score (nSPS) is 14.7. The minimum absolute atomic E-state index is 0.0762. The fraction of sp³-hybridized carbons (Fsp3) is 0.538. The Morgan fingerprint density at radius 2 is 2.22 bits per heavy atom. The second-order valence-corrected chi connectivity index (χ2v) is 4.78. The molecule has 0 spiro atoms. The van der Waals surface area contributed by atoms with E-state index in [1.165, 1.54) is 0 Å². The van der Waals surface area contributed by atoms with E-state index in [1.807, 2.05) is 19.0 Å². The maximum Gasteiger partial charge on any atom is 0.287 e. The third-order valence-corrected chi connectivity index (χ3v) is 2.99. The van der Waals surface area contributed by atoms with E-state index in [9.17, 15) is 9.59 Å². The maximum atomic E-state index is 11.8. The number of likely N-dealkylation sites (N-methyl/N-ethyl adjacent to an activating group) is 1. The van der Waals surface area contributed by atoms with Crippen LogP contribution in [0, 0.1) is 0 Å². The molecule has 1 aromatic heterocycles. The molecular formula is C13H18N2O3. The lowest BCUT2D eigenvalue weighted by atomic mass is 9.97. The first-order chi connectivity index (χ1) is 8.58. The van der Waals surface area contributed by atoms with Gasteiger partial charge in [-0.25, -0.2) is 0 Å². The van der Waals surface area contributed by atoms with E-state index in [2.05, 4.69) is 5.32 Å². The predicted octanol–water partition coefficient (Wildman–Crippen LogP) is 1.09. The lowest BCUT2D eigenvalue weighted by Crippen LogP contribution is -2.31. The van der Waals surface area contributed by atoms with Gasteiger partial charge in [0.25, 0.3) is 5.91 Å².